The molecule has 6 nitrogen and oxygen atoms in total. The van der Waals surface area contributed by atoms with Crippen LogP contribution in [0.15, 0.2) is 53.5 Å². The van der Waals surface area contributed by atoms with Crippen molar-refractivity contribution >= 4 is 21.5 Å². The lowest BCUT2D eigenvalue weighted by Gasteiger charge is -2.37. The zero-order valence-electron chi connectivity index (χ0n) is 17.5. The molecular formula is C22H29FN4O2S. The minimum absolute atomic E-state index is 0.0531. The van der Waals surface area contributed by atoms with Crippen LogP contribution < -0.4 is 10.2 Å². The number of rotatable bonds is 6. The molecule has 0 amide bonds. The van der Waals surface area contributed by atoms with Crippen LogP contribution in [-0.2, 0) is 22.1 Å². The minimum Gasteiger partial charge on any atom is -0.368 e. The van der Waals surface area contributed by atoms with Crippen molar-refractivity contribution in [3.8, 4) is 0 Å². The summed E-state index contributed by atoms with van der Waals surface area (Å²) in [7, 11) is -3.03. The number of anilines is 1. The number of halogens is 1. The fourth-order valence-corrected chi connectivity index (χ4v) is 4.26. The third-order valence-corrected chi connectivity index (χ3v) is 5.83. The molecule has 0 aliphatic carbocycles. The number of piperazine rings is 1. The van der Waals surface area contributed by atoms with Crippen molar-refractivity contribution in [2.24, 2.45) is 4.99 Å². The summed E-state index contributed by atoms with van der Waals surface area (Å²) in [6, 6.07) is 14.2. The maximum atomic E-state index is 13.1. The first-order valence-electron chi connectivity index (χ1n) is 10.1. The van der Waals surface area contributed by atoms with Gasteiger partial charge in [0.25, 0.3) is 0 Å². The van der Waals surface area contributed by atoms with Gasteiger partial charge in [-0.3, -0.25) is 0 Å². The first-order chi connectivity index (χ1) is 14.3. The summed E-state index contributed by atoms with van der Waals surface area (Å²) in [5.41, 5.74) is 2.86. The Morgan fingerprint density at radius 1 is 1.00 bits per heavy atom. The molecule has 3 rings (SSSR count). The molecular weight excluding hydrogens is 403 g/mol. The van der Waals surface area contributed by atoms with E-state index in [-0.39, 0.29) is 11.6 Å². The second kappa shape index (κ2) is 9.93. The van der Waals surface area contributed by atoms with Gasteiger partial charge in [0.2, 0.25) is 0 Å². The van der Waals surface area contributed by atoms with E-state index < -0.39 is 9.84 Å². The lowest BCUT2D eigenvalue weighted by Crippen LogP contribution is -2.52. The van der Waals surface area contributed by atoms with E-state index in [1.165, 1.54) is 18.4 Å². The molecule has 1 heterocycles. The van der Waals surface area contributed by atoms with Gasteiger partial charge in [0, 0.05) is 44.7 Å². The maximum absolute atomic E-state index is 13.1. The van der Waals surface area contributed by atoms with Gasteiger partial charge in [-0.1, -0.05) is 24.3 Å². The van der Waals surface area contributed by atoms with E-state index in [0.29, 0.717) is 6.54 Å². The van der Waals surface area contributed by atoms with Crippen LogP contribution in [0.5, 0.6) is 0 Å². The molecule has 0 bridgehead atoms. The Kier molecular flexibility index (Phi) is 7.31. The molecule has 2 aromatic rings. The van der Waals surface area contributed by atoms with E-state index in [2.05, 4.69) is 15.1 Å². The number of sulfone groups is 1. The number of nitrogens with one attached hydrogen (secondary N) is 1. The fraction of sp³-hybridized carbons (Fsp3) is 0.409. The molecule has 1 aliphatic rings. The lowest BCUT2D eigenvalue weighted by molar-refractivity contribution is 0.372. The van der Waals surface area contributed by atoms with Crippen LogP contribution in [0.1, 0.15) is 18.1 Å². The normalized spacial score (nSPS) is 15.4. The summed E-state index contributed by atoms with van der Waals surface area (Å²) in [4.78, 5) is 9.25. The van der Waals surface area contributed by atoms with Crippen LogP contribution in [0, 0.1) is 5.82 Å². The average Bonchev–Trinajstić information content (AvgIpc) is 2.72. The van der Waals surface area contributed by atoms with Crippen LogP contribution >= 0.6 is 0 Å². The van der Waals surface area contributed by atoms with Crippen molar-refractivity contribution in [1.82, 2.24) is 10.2 Å². The minimum atomic E-state index is -3.03. The predicted octanol–water partition coefficient (Wildman–Crippen LogP) is 2.66. The van der Waals surface area contributed by atoms with Gasteiger partial charge >= 0.3 is 0 Å². The Balaban J connectivity index is 1.60. The van der Waals surface area contributed by atoms with E-state index in [0.717, 1.165) is 55.5 Å². The molecule has 2 aromatic carbocycles. The van der Waals surface area contributed by atoms with Gasteiger partial charge in [-0.2, -0.15) is 0 Å². The Morgan fingerprint density at radius 2 is 1.60 bits per heavy atom. The third kappa shape index (κ3) is 6.45. The maximum Gasteiger partial charge on any atom is 0.194 e. The summed E-state index contributed by atoms with van der Waals surface area (Å²) in [5.74, 6) is 0.706. The molecule has 162 valence electrons. The topological polar surface area (TPSA) is 65.0 Å². The van der Waals surface area contributed by atoms with Crippen molar-refractivity contribution < 1.29 is 12.8 Å². The molecule has 0 unspecified atom stereocenters. The SMILES string of the molecule is CCNC(=NCc1ccc(CS(C)(=O)=O)cc1)N1CCN(c2ccc(F)cc2)CC1. The van der Waals surface area contributed by atoms with E-state index in [4.69, 9.17) is 4.99 Å². The molecule has 0 radical (unpaired) electrons. The van der Waals surface area contributed by atoms with E-state index in [1.807, 2.05) is 43.3 Å². The van der Waals surface area contributed by atoms with Crippen LogP contribution in [0.25, 0.3) is 0 Å². The molecule has 0 saturated carbocycles. The van der Waals surface area contributed by atoms with Gasteiger partial charge in [-0.15, -0.1) is 0 Å². The standard InChI is InChI=1S/C22H29FN4O2S/c1-3-24-22(25-16-18-4-6-19(7-5-18)17-30(2,28)29)27-14-12-26(13-15-27)21-10-8-20(23)9-11-21/h4-11H,3,12-17H2,1-2H3,(H,24,25). The van der Waals surface area contributed by atoms with Crippen molar-refractivity contribution in [2.45, 2.75) is 19.2 Å². The highest BCUT2D eigenvalue weighted by atomic mass is 32.2. The van der Waals surface area contributed by atoms with Gasteiger partial charge in [0.05, 0.1) is 12.3 Å². The quantitative estimate of drug-likeness (QED) is 0.562. The fourth-order valence-electron chi connectivity index (χ4n) is 3.46. The smallest absolute Gasteiger partial charge is 0.194 e. The number of hydrogen-bond acceptors (Lipinski definition) is 4. The number of aliphatic imine (C=N–C) groups is 1. The van der Waals surface area contributed by atoms with Crippen molar-refractivity contribution in [1.29, 1.82) is 0 Å². The van der Waals surface area contributed by atoms with Gasteiger partial charge in [0.15, 0.2) is 15.8 Å². The van der Waals surface area contributed by atoms with Gasteiger partial charge in [-0.05, 0) is 42.3 Å². The largest absolute Gasteiger partial charge is 0.368 e. The third-order valence-electron chi connectivity index (χ3n) is 4.97. The van der Waals surface area contributed by atoms with Crippen LogP contribution in [0.3, 0.4) is 0 Å². The molecule has 0 aromatic heterocycles. The molecule has 1 saturated heterocycles. The van der Waals surface area contributed by atoms with Gasteiger partial charge < -0.3 is 15.1 Å². The van der Waals surface area contributed by atoms with Gasteiger partial charge in [-0.25, -0.2) is 17.8 Å². The van der Waals surface area contributed by atoms with E-state index in [1.54, 1.807) is 0 Å². The molecule has 1 aliphatic heterocycles. The number of guanidine groups is 1. The monoisotopic (exact) mass is 432 g/mol. The highest BCUT2D eigenvalue weighted by Gasteiger charge is 2.19. The highest BCUT2D eigenvalue weighted by molar-refractivity contribution is 7.89. The molecule has 8 heteroatoms. The van der Waals surface area contributed by atoms with Crippen molar-refractivity contribution in [3.63, 3.8) is 0 Å². The van der Waals surface area contributed by atoms with Crippen LogP contribution in [-0.4, -0.2) is 58.3 Å². The Labute approximate surface area is 178 Å². The highest BCUT2D eigenvalue weighted by Crippen LogP contribution is 2.17. The van der Waals surface area contributed by atoms with Crippen molar-refractivity contribution in [2.75, 3.05) is 43.9 Å². The zero-order valence-corrected chi connectivity index (χ0v) is 18.3. The van der Waals surface area contributed by atoms with Gasteiger partial charge in [0.1, 0.15) is 5.82 Å². The molecule has 0 atom stereocenters. The molecule has 0 spiro atoms. The lowest BCUT2D eigenvalue weighted by atomic mass is 10.1. The van der Waals surface area contributed by atoms with Crippen LogP contribution in [0.4, 0.5) is 10.1 Å². The van der Waals surface area contributed by atoms with E-state index in [9.17, 15) is 12.8 Å². The summed E-state index contributed by atoms with van der Waals surface area (Å²) < 4.78 is 36.0. The average molecular weight is 433 g/mol. The first kappa shape index (κ1) is 22.1. The Morgan fingerprint density at radius 3 is 2.17 bits per heavy atom. The Hall–Kier alpha value is -2.61. The first-order valence-corrected chi connectivity index (χ1v) is 12.2. The predicted molar refractivity (Wildman–Crippen MR) is 120 cm³/mol. The van der Waals surface area contributed by atoms with E-state index >= 15 is 0 Å². The molecule has 1 N–H and O–H groups in total. The molecule has 30 heavy (non-hydrogen) atoms. The number of nitrogens with zero attached hydrogens (tertiary/aromatic N) is 3. The molecule has 1 fully saturated rings. The zero-order chi connectivity index (χ0) is 21.6. The summed E-state index contributed by atoms with van der Waals surface area (Å²) in [6.45, 7) is 6.70. The number of hydrogen-bond donors (Lipinski definition) is 1. The number of benzene rings is 2. The Bertz CT molecular complexity index is 952. The second-order valence-electron chi connectivity index (χ2n) is 7.51. The summed E-state index contributed by atoms with van der Waals surface area (Å²) in [6.07, 6.45) is 1.24. The van der Waals surface area contributed by atoms with Crippen molar-refractivity contribution in [3.05, 3.63) is 65.5 Å². The summed E-state index contributed by atoms with van der Waals surface area (Å²) in [5, 5.41) is 3.36. The van der Waals surface area contributed by atoms with Crippen LogP contribution in [0.2, 0.25) is 0 Å². The summed E-state index contributed by atoms with van der Waals surface area (Å²) >= 11 is 0. The second-order valence-corrected chi connectivity index (χ2v) is 9.65.